The van der Waals surface area contributed by atoms with Crippen LogP contribution in [0.25, 0.3) is 6.08 Å². The van der Waals surface area contributed by atoms with Crippen LogP contribution < -0.4 is 0 Å². The van der Waals surface area contributed by atoms with Gasteiger partial charge in [0.2, 0.25) is 11.4 Å². The van der Waals surface area contributed by atoms with Gasteiger partial charge in [-0.3, -0.25) is 0 Å². The average molecular weight is 385 g/mol. The molecule has 11 heteroatoms. The van der Waals surface area contributed by atoms with Crippen molar-refractivity contribution in [3.05, 3.63) is 27.9 Å². The minimum absolute atomic E-state index is 0.0698. The number of ether oxygens (including phenoxy) is 2. The average Bonchev–Trinajstić information content (AvgIpc) is 3.12. The molecule has 0 amide bonds. The maximum Gasteiger partial charge on any atom is 0.368 e. The topological polar surface area (TPSA) is 138 Å². The molecule has 1 aliphatic rings. The zero-order valence-electron chi connectivity index (χ0n) is 13.6. The van der Waals surface area contributed by atoms with Gasteiger partial charge in [-0.2, -0.15) is 0 Å². The molecule has 1 N–H and O–H groups in total. The first-order chi connectivity index (χ1) is 12.4. The Hall–Kier alpha value is -3.14. The molecule has 0 radical (unpaired) electrons. The number of aromatic hydroxyl groups is 1. The fourth-order valence-corrected chi connectivity index (χ4v) is 2.06. The number of hydrogen-bond acceptors (Lipinski definition) is 10. The van der Waals surface area contributed by atoms with Gasteiger partial charge in [0.15, 0.2) is 0 Å². The molecule has 0 spiro atoms. The summed E-state index contributed by atoms with van der Waals surface area (Å²) in [6.45, 7) is 3.32. The van der Waals surface area contributed by atoms with E-state index in [1.54, 1.807) is 13.8 Å². The fourth-order valence-electron chi connectivity index (χ4n) is 1.84. The molecule has 138 valence electrons. The molecule has 0 aliphatic carbocycles. The van der Waals surface area contributed by atoms with Gasteiger partial charge in [-0.05, 0) is 26.0 Å². The van der Waals surface area contributed by atoms with E-state index in [0.717, 1.165) is 12.2 Å². The Kier molecular flexibility index (Phi) is 6.12. The van der Waals surface area contributed by atoms with Crippen molar-refractivity contribution in [3.8, 4) is 5.95 Å². The van der Waals surface area contributed by atoms with Crippen LogP contribution >= 0.6 is 11.6 Å². The molecule has 0 unspecified atom stereocenters. The van der Waals surface area contributed by atoms with Crippen LogP contribution in [0.15, 0.2) is 26.4 Å². The molecule has 2 heterocycles. The minimum Gasteiger partial charge on any atom is -0.479 e. The number of halogens is 1. The third kappa shape index (κ3) is 4.09. The number of rotatable bonds is 6. The van der Waals surface area contributed by atoms with E-state index < -0.39 is 23.9 Å². The second-order valence-electron chi connectivity index (χ2n) is 4.60. The number of allylic oxidation sites excluding steroid dienone is 2. The highest BCUT2D eigenvalue weighted by molar-refractivity contribution is 6.51. The number of esters is 2. The number of carbonyl (C=O) groups excluding carboxylic acids is 3. The zero-order chi connectivity index (χ0) is 19.3. The molecule has 0 atom stereocenters. The van der Waals surface area contributed by atoms with Crippen molar-refractivity contribution in [1.29, 1.82) is 0 Å². The quantitative estimate of drug-likeness (QED) is 0.439. The summed E-state index contributed by atoms with van der Waals surface area (Å²) >= 11 is 6.03. The second-order valence-corrected chi connectivity index (χ2v) is 5.03. The first-order valence-electron chi connectivity index (χ1n) is 7.30. The minimum atomic E-state index is -0.917. The van der Waals surface area contributed by atoms with Crippen LogP contribution in [0.3, 0.4) is 0 Å². The molecule has 2 rings (SSSR count). The molecule has 26 heavy (non-hydrogen) atoms. The lowest BCUT2D eigenvalue weighted by Crippen LogP contribution is -2.19. The summed E-state index contributed by atoms with van der Waals surface area (Å²) in [6, 6.07) is 0. The van der Waals surface area contributed by atoms with Crippen LogP contribution in [0, 0.1) is 0 Å². The summed E-state index contributed by atoms with van der Waals surface area (Å²) in [5.74, 6) is -3.30. The lowest BCUT2D eigenvalue weighted by molar-refractivity contribution is -0.137. The van der Waals surface area contributed by atoms with Crippen LogP contribution in [0.5, 0.6) is 5.95 Å². The smallest absolute Gasteiger partial charge is 0.368 e. The summed E-state index contributed by atoms with van der Waals surface area (Å²) in [4.78, 5) is 39.7. The van der Waals surface area contributed by atoms with Gasteiger partial charge in [-0.15, -0.1) is 0 Å². The summed E-state index contributed by atoms with van der Waals surface area (Å²) in [7, 11) is 0. The second kappa shape index (κ2) is 8.30. The Morgan fingerprint density at radius 2 is 1.88 bits per heavy atom. The van der Waals surface area contributed by atoms with Crippen LogP contribution in [-0.2, 0) is 23.9 Å². The normalized spacial score (nSPS) is 15.7. The number of nitrogens with zero attached hydrogens (tertiary/aromatic N) is 2. The lowest BCUT2D eigenvalue weighted by atomic mass is 10.1. The predicted molar refractivity (Wildman–Crippen MR) is 86.2 cm³/mol. The van der Waals surface area contributed by atoms with Gasteiger partial charge >= 0.3 is 23.9 Å². The van der Waals surface area contributed by atoms with Crippen molar-refractivity contribution in [3.63, 3.8) is 0 Å². The zero-order valence-corrected chi connectivity index (χ0v) is 14.4. The van der Waals surface area contributed by atoms with Crippen molar-refractivity contribution in [2.75, 3.05) is 13.2 Å². The maximum atomic E-state index is 11.8. The number of aromatic nitrogens is 1. The largest absolute Gasteiger partial charge is 0.479 e. The molecule has 1 aromatic heterocycles. The highest BCUT2D eigenvalue weighted by Gasteiger charge is 2.32. The standard InChI is InChI=1S/C15H13ClN2O8/c1-3-23-14(21)10-8(12(19)25-17-10)5-7(16)6-9-11(15(22)24-4-2)18-26-13(9)20/h5-6,19H,3-4H2,1-2H3/b7-5-,9-6-. The first kappa shape index (κ1) is 19.2. The maximum absolute atomic E-state index is 11.8. The SMILES string of the molecule is CCOC(=O)C1=NOC(=O)/C1=C\C(Cl)=C\c1c(C(=O)OCC)noc1O. The Balaban J connectivity index is 2.35. The van der Waals surface area contributed by atoms with Gasteiger partial charge in [0, 0.05) is 5.03 Å². The van der Waals surface area contributed by atoms with E-state index in [1.165, 1.54) is 0 Å². The van der Waals surface area contributed by atoms with E-state index in [4.69, 9.17) is 21.1 Å². The first-order valence-corrected chi connectivity index (χ1v) is 7.68. The third-order valence-electron chi connectivity index (χ3n) is 2.91. The van der Waals surface area contributed by atoms with Crippen molar-refractivity contribution in [2.45, 2.75) is 13.8 Å². The molecule has 0 aromatic carbocycles. The third-order valence-corrected chi connectivity index (χ3v) is 3.12. The molecule has 1 aliphatic heterocycles. The Labute approximate surface area is 151 Å². The predicted octanol–water partition coefficient (Wildman–Crippen LogP) is 1.54. The van der Waals surface area contributed by atoms with Crippen LogP contribution in [0.2, 0.25) is 0 Å². The Morgan fingerprint density at radius 1 is 1.23 bits per heavy atom. The molecular formula is C15H13ClN2O8. The summed E-state index contributed by atoms with van der Waals surface area (Å²) in [6.07, 6.45) is 2.16. The van der Waals surface area contributed by atoms with Gasteiger partial charge in [-0.1, -0.05) is 21.9 Å². The van der Waals surface area contributed by atoms with Crippen LogP contribution in [0.4, 0.5) is 0 Å². The molecule has 10 nitrogen and oxygen atoms in total. The van der Waals surface area contributed by atoms with Crippen molar-refractivity contribution < 1.29 is 38.3 Å². The van der Waals surface area contributed by atoms with Gasteiger partial charge in [0.25, 0.3) is 0 Å². The highest BCUT2D eigenvalue weighted by Crippen LogP contribution is 2.27. The van der Waals surface area contributed by atoms with E-state index in [2.05, 4.69) is 19.7 Å². The molecule has 0 saturated carbocycles. The highest BCUT2D eigenvalue weighted by atomic mass is 35.5. The van der Waals surface area contributed by atoms with Gasteiger partial charge in [0.05, 0.1) is 18.8 Å². The van der Waals surface area contributed by atoms with Crippen LogP contribution in [0.1, 0.15) is 29.9 Å². The van der Waals surface area contributed by atoms with E-state index in [0.29, 0.717) is 0 Å². The van der Waals surface area contributed by atoms with E-state index >= 15 is 0 Å². The van der Waals surface area contributed by atoms with Crippen molar-refractivity contribution in [2.24, 2.45) is 5.16 Å². The Bertz CT molecular complexity index is 837. The number of hydrogen-bond donors (Lipinski definition) is 1. The van der Waals surface area contributed by atoms with E-state index in [-0.39, 0.29) is 40.8 Å². The van der Waals surface area contributed by atoms with Crippen molar-refractivity contribution >= 4 is 41.3 Å². The summed E-state index contributed by atoms with van der Waals surface area (Å²) in [5.41, 5.74) is -1.08. The monoisotopic (exact) mass is 384 g/mol. The van der Waals surface area contributed by atoms with Crippen molar-refractivity contribution in [1.82, 2.24) is 5.16 Å². The summed E-state index contributed by atoms with van der Waals surface area (Å²) < 4.78 is 14.1. The van der Waals surface area contributed by atoms with Gasteiger partial charge in [0.1, 0.15) is 5.57 Å². The fraction of sp³-hybridized carbons (Fsp3) is 0.267. The molecule has 0 saturated heterocycles. The van der Waals surface area contributed by atoms with Crippen LogP contribution in [-0.4, -0.2) is 47.1 Å². The van der Waals surface area contributed by atoms with Gasteiger partial charge in [-0.25, -0.2) is 14.4 Å². The molecular weight excluding hydrogens is 372 g/mol. The number of carbonyl (C=O) groups is 3. The number of oxime groups is 1. The van der Waals surface area contributed by atoms with Gasteiger partial charge < -0.3 is 23.9 Å². The lowest BCUT2D eigenvalue weighted by Gasteiger charge is -2.00. The Morgan fingerprint density at radius 3 is 2.54 bits per heavy atom. The molecule has 0 bridgehead atoms. The molecule has 1 aromatic rings. The molecule has 0 fully saturated rings. The van der Waals surface area contributed by atoms with E-state index in [9.17, 15) is 19.5 Å². The van der Waals surface area contributed by atoms with E-state index in [1.807, 2.05) is 0 Å². The summed E-state index contributed by atoms with van der Waals surface area (Å²) in [5, 5.41) is 16.2.